The number of ether oxygens (including phenoxy) is 1. The van der Waals surface area contributed by atoms with Gasteiger partial charge in [0.05, 0.1) is 17.7 Å². The van der Waals surface area contributed by atoms with Crippen molar-refractivity contribution >= 4 is 92.7 Å². The molecule has 2 aliphatic heterocycles. The summed E-state index contributed by atoms with van der Waals surface area (Å²) in [6, 6.07) is 35.1. The number of carboxylic acid groups (broad SMARTS) is 2. The molecule has 6 aromatic rings. The Morgan fingerprint density at radius 2 is 0.795 bits per heavy atom. The third-order valence-corrected chi connectivity index (χ3v) is 13.1. The molecule has 1 fully saturated rings. The fourth-order valence-electron chi connectivity index (χ4n) is 6.59. The predicted molar refractivity (Wildman–Crippen MR) is 403 cm³/mol. The van der Waals surface area contributed by atoms with Crippen LogP contribution in [0.25, 0.3) is 11.0 Å². The number of para-hydroxylation sites is 1. The molecule has 7 N–H and O–H groups in total. The van der Waals surface area contributed by atoms with E-state index < -0.39 is 35.2 Å². The molecule has 71 heteroatoms. The van der Waals surface area contributed by atoms with E-state index in [1.807, 2.05) is 99.6 Å². The molecule has 122 heavy (non-hydrogen) atoms. The van der Waals surface area contributed by atoms with Gasteiger partial charge in [0.1, 0.15) is 17.6 Å². The number of azo groups is 1. The van der Waals surface area contributed by atoms with Gasteiger partial charge in [0, 0.05) is 233 Å². The Kier molecular flexibility index (Phi) is 56.3. The number of rotatable bonds is 34. The summed E-state index contributed by atoms with van der Waals surface area (Å²) in [5.41, 5.74) is 14.9. The summed E-state index contributed by atoms with van der Waals surface area (Å²) in [4.78, 5) is 76.9. The second kappa shape index (κ2) is 68.2. The fourth-order valence-corrected chi connectivity index (χ4v) is 7.81. The number of benzene rings is 5. The van der Waals surface area contributed by atoms with E-state index >= 15 is 0 Å². The van der Waals surface area contributed by atoms with Crippen LogP contribution < -0.4 is 16.5 Å². The summed E-state index contributed by atoms with van der Waals surface area (Å²) in [6.07, 6.45) is 2.56. The first-order valence-electron chi connectivity index (χ1n) is 32.0. The molecule has 0 bridgehead atoms. The molecule has 0 unspecified atom stereocenters. The van der Waals surface area contributed by atoms with Crippen molar-refractivity contribution in [1.29, 1.82) is 5.53 Å². The SMILES string of the molecule is C1CCOC1.CC(=O)N[C@@H](CS)C(=O)O.CC(=O)N[C@@H](CSC(=O)c1ccc(C)cc1)C(=O)O.Cc1ccc(C(=O)Cl)cc1.Cc1ccc(C(=O)n2nnc3ccccc32)cc1.N=N/N=N/N=N/N=N/N=N/N=N/N=N/N=N/N=N/N=N/N=N/N=N/N=N/N=N/N=N/N=N/N=N/N=N/N=N/N=N/N=N/N=N/N=N/N=N/N=N/N.c1ccc2c(c1)CN=N2. The van der Waals surface area contributed by atoms with Gasteiger partial charge >= 0.3 is 11.9 Å². The van der Waals surface area contributed by atoms with Crippen molar-refractivity contribution in [2.75, 3.05) is 24.7 Å². The highest BCUT2D eigenvalue weighted by molar-refractivity contribution is 8.14. The van der Waals surface area contributed by atoms with Crippen molar-refractivity contribution in [2.24, 2.45) is 272 Å². The van der Waals surface area contributed by atoms with Crippen LogP contribution in [0.2, 0.25) is 0 Å². The molecule has 2 amide bonds. The highest BCUT2D eigenvalue weighted by Crippen LogP contribution is 2.25. The summed E-state index contributed by atoms with van der Waals surface area (Å²) in [5.74, 6) is 1.56. The number of carboxylic acids is 2. The quantitative estimate of drug-likeness (QED) is 0.00649. The maximum Gasteiger partial charge on any atom is 0.327 e. The number of carbonyl (C=O) groups is 7. The van der Waals surface area contributed by atoms with Crippen LogP contribution in [-0.2, 0) is 30.5 Å². The zero-order valence-corrected chi connectivity index (χ0v) is 65.2. The molecule has 632 valence electrons. The Morgan fingerprint density at radius 3 is 1.11 bits per heavy atom. The number of halogens is 1. The first-order chi connectivity index (χ1) is 59.3. The van der Waals surface area contributed by atoms with E-state index in [1.165, 1.54) is 36.9 Å². The van der Waals surface area contributed by atoms with E-state index in [9.17, 15) is 33.6 Å². The number of aliphatic carboxylic acids is 2. The maximum absolute atomic E-state index is 12.3. The van der Waals surface area contributed by atoms with Crippen molar-refractivity contribution in [3.8, 4) is 0 Å². The summed E-state index contributed by atoms with van der Waals surface area (Å²) in [7, 11) is 0. The molecule has 1 aromatic heterocycles. The monoisotopic (exact) mass is 1740 g/mol. The molecule has 2 aliphatic rings. The molecule has 5 aromatic carbocycles. The molecule has 68 nitrogen and oxygen atoms in total. The molecule has 2 atom stereocenters. The number of thioether (sulfide) groups is 1. The molecule has 3 heterocycles. The van der Waals surface area contributed by atoms with Gasteiger partial charge in [0.2, 0.25) is 16.9 Å². The largest absolute Gasteiger partial charge is 0.480 e. The molecule has 0 radical (unpaired) electrons. The van der Waals surface area contributed by atoms with E-state index in [2.05, 4.69) is 312 Å². The Hall–Kier alpha value is -17.3. The minimum atomic E-state index is -1.15. The molecule has 8 rings (SSSR count). The number of thiol groups is 1. The maximum atomic E-state index is 12.3. The zero-order chi connectivity index (χ0) is 88.9. The number of aromatic nitrogens is 3. The van der Waals surface area contributed by atoms with E-state index in [4.69, 9.17) is 32.1 Å². The normalized spacial score (nSPS) is 13.6. The highest BCUT2D eigenvalue weighted by Gasteiger charge is 2.21. The van der Waals surface area contributed by atoms with Crippen LogP contribution in [0, 0.1) is 26.3 Å². The molecule has 1 saturated heterocycles. The van der Waals surface area contributed by atoms with Crippen LogP contribution in [0.1, 0.15) is 80.0 Å². The number of carbonyl (C=O) groups excluding carboxylic acids is 5. The van der Waals surface area contributed by atoms with Crippen molar-refractivity contribution in [2.45, 2.75) is 66.1 Å². The van der Waals surface area contributed by atoms with Gasteiger partial charge in [-0.1, -0.05) is 118 Å². The van der Waals surface area contributed by atoms with E-state index in [0.717, 1.165) is 64.9 Å². The van der Waals surface area contributed by atoms with Crippen molar-refractivity contribution < 1.29 is 48.5 Å². The average Bonchev–Trinajstić information content (AvgIpc) is 1.65. The fraction of sp³-hybridized carbons (Fsp3) is 0.275. The standard InChI is InChI=1S/C14H11N3O.C13H15NO4S.C8H7ClO.C7H6N2.C5H9NO3S.C4H8O.H3N51/c1-10-6-8-11(9-7-10)14(18)17-13-5-3-2-4-12(13)15-16-17;1-8-3-5-10(6-4-8)13(18)19-7-11(12(16)17)14-9(2)15;1-6-2-4-7(5-3-6)8(9)10;1-2-4-7-6(3-1)5-8-9-7;1-3(7)6-4(2-10)5(8)9;1-2-4-5-3-1;1-3-5-7-9-11-13-15-17-19-21-23-25-27-29-31-33-35-37-39-41-43-45-47-49-51-50-48-46-44-42-40-38-36-34-32-30-28-26-24-22-20-18-16-14-12-10-8-6-4-2/h2-9H,1H3;3-6,11H,7H2,1-2H3,(H,14,15)(H,16,17);2-5H,1H3;1-4H,5H2;4,10H,2H2,1H3,(H,6,7)(H,8,9);1-4H2;(H3,1,2,5,6,9,10,13,14,17,18,21,22,25,26,29,30,33,34,37,38,41,42,45,46,49,50)/t;11-;;;4-;;/m.0..0../s1. The number of hydrogen-bond acceptors (Lipinski definition) is 16. The smallest absolute Gasteiger partial charge is 0.327 e. The summed E-state index contributed by atoms with van der Waals surface area (Å²) in [5, 5.41) is 182. The lowest BCUT2D eigenvalue weighted by atomic mass is 10.1. The van der Waals surface area contributed by atoms with E-state index in [-0.39, 0.29) is 28.4 Å². The van der Waals surface area contributed by atoms with Crippen LogP contribution in [-0.4, -0.2) is 102 Å². The molecular weight excluding hydrogens is 1680 g/mol. The van der Waals surface area contributed by atoms with Crippen LogP contribution in [0.15, 0.2) is 387 Å². The number of nitrogens with zero attached hydrogens (tertiary/aromatic N) is 54. The lowest BCUT2D eigenvalue weighted by Gasteiger charge is -2.12. The first kappa shape index (κ1) is 101. The van der Waals surface area contributed by atoms with Gasteiger partial charge in [0.25, 0.3) is 11.1 Å². The van der Waals surface area contributed by atoms with Crippen LogP contribution >= 0.6 is 36.0 Å². The van der Waals surface area contributed by atoms with Gasteiger partial charge in [0.15, 0.2) is 0 Å². The van der Waals surface area contributed by atoms with Gasteiger partial charge in [-0.25, -0.2) is 9.59 Å². The lowest BCUT2D eigenvalue weighted by molar-refractivity contribution is -0.141. The molecule has 0 saturated carbocycles. The minimum Gasteiger partial charge on any atom is -0.480 e. The average molecular weight is 1740 g/mol. The second-order valence-electron chi connectivity index (χ2n) is 19.9. The number of hydrogen-bond donors (Lipinski definition) is 7. The van der Waals surface area contributed by atoms with Gasteiger partial charge in [-0.3, -0.25) is 24.0 Å². The van der Waals surface area contributed by atoms with Gasteiger partial charge in [-0.05, 0) is 166 Å². The van der Waals surface area contributed by atoms with Crippen molar-refractivity contribution in [3.63, 3.8) is 0 Å². The second-order valence-corrected chi connectivity index (χ2v) is 21.6. The van der Waals surface area contributed by atoms with Crippen molar-refractivity contribution in [1.82, 2.24) is 25.6 Å². The Bertz CT molecular complexity index is 5020. The van der Waals surface area contributed by atoms with Gasteiger partial charge in [-0.2, -0.15) is 33.1 Å². The van der Waals surface area contributed by atoms with Gasteiger partial charge in [-0.15, -0.1) is 5.10 Å². The molecular formula is C51H59ClN58O10S2. The van der Waals surface area contributed by atoms with Crippen LogP contribution in [0.3, 0.4) is 0 Å². The number of amides is 2. The van der Waals surface area contributed by atoms with E-state index in [0.29, 0.717) is 16.7 Å². The zero-order valence-electron chi connectivity index (χ0n) is 62.8. The third kappa shape index (κ3) is 52.9. The summed E-state index contributed by atoms with van der Waals surface area (Å²) >= 11 is 9.83. The number of aryl methyl sites for hydroxylation is 3. The van der Waals surface area contributed by atoms with E-state index in [1.54, 1.807) is 36.4 Å². The molecule has 0 spiro atoms. The van der Waals surface area contributed by atoms with Crippen LogP contribution in [0.4, 0.5) is 5.69 Å². The summed E-state index contributed by atoms with van der Waals surface area (Å²) < 4.78 is 6.28. The number of nitrogens with two attached hydrogens (primary N) is 1. The number of fused-ring (bicyclic) bond motifs is 2. The first-order valence-corrected chi connectivity index (χ1v) is 34.0. The highest BCUT2D eigenvalue weighted by atomic mass is 35.5. The van der Waals surface area contributed by atoms with Gasteiger partial charge < -0.3 is 31.4 Å². The van der Waals surface area contributed by atoms with Crippen LogP contribution in [0.5, 0.6) is 0 Å². The Morgan fingerprint density at radius 1 is 0.467 bits per heavy atom. The minimum absolute atomic E-state index is 0.00161. The number of nitrogens with one attached hydrogen (secondary N) is 3. The van der Waals surface area contributed by atoms with Crippen molar-refractivity contribution in [3.05, 3.63) is 160 Å². The Balaban J connectivity index is 0.000000567. The topological polar surface area (TPSA) is 904 Å². The Labute approximate surface area is 692 Å². The lowest BCUT2D eigenvalue weighted by Crippen LogP contribution is -2.41. The third-order valence-electron chi connectivity index (χ3n) is 11.5. The molecule has 0 aliphatic carbocycles. The predicted octanol–water partition coefficient (Wildman–Crippen LogP) is 17.6. The summed E-state index contributed by atoms with van der Waals surface area (Å²) in [6.45, 7) is 11.1.